The summed E-state index contributed by atoms with van der Waals surface area (Å²) >= 11 is 0. The minimum absolute atomic E-state index is 0.227. The topological polar surface area (TPSA) is 21.1 Å². The van der Waals surface area contributed by atoms with Crippen LogP contribution in [-0.2, 0) is 13.6 Å². The van der Waals surface area contributed by atoms with Gasteiger partial charge in [0.1, 0.15) is 0 Å². The predicted molar refractivity (Wildman–Crippen MR) is 64.9 cm³/mol. The van der Waals surface area contributed by atoms with Gasteiger partial charge in [-0.1, -0.05) is 5.87 Å². The summed E-state index contributed by atoms with van der Waals surface area (Å²) in [5.74, 6) is 5.06. The molecule has 4 heteroatoms. The highest BCUT2D eigenvalue weighted by molar-refractivity contribution is 8.13. The van der Waals surface area contributed by atoms with Crippen LogP contribution in [0.2, 0.25) is 0 Å². The van der Waals surface area contributed by atoms with Gasteiger partial charge in [0.05, 0.1) is 11.4 Å². The van der Waals surface area contributed by atoms with E-state index in [0.29, 0.717) is 0 Å². The third-order valence-electron chi connectivity index (χ3n) is 1.97. The van der Waals surface area contributed by atoms with Gasteiger partial charge in [-0.05, 0) is 26.3 Å². The summed E-state index contributed by atoms with van der Waals surface area (Å²) in [5.41, 5.74) is 2.34. The number of hydrogen-bond donors (Lipinski definition) is 0. The van der Waals surface area contributed by atoms with Gasteiger partial charge in [-0.2, -0.15) is 15.6 Å². The van der Waals surface area contributed by atoms with Crippen molar-refractivity contribution in [2.24, 2.45) is 7.05 Å². The molecule has 1 rings (SSSR count). The molecular formula is C10H19N3S. The fraction of sp³-hybridized carbons (Fsp3) is 0.600. The highest BCUT2D eigenvalue weighted by atomic mass is 32.2. The maximum atomic E-state index is 4.32. The van der Waals surface area contributed by atoms with Gasteiger partial charge < -0.3 is 0 Å². The normalized spacial score (nSPS) is 13.5. The molecule has 0 fully saturated rings. The zero-order valence-electron chi connectivity index (χ0n) is 9.45. The van der Waals surface area contributed by atoms with Crippen molar-refractivity contribution in [2.75, 3.05) is 19.2 Å². The van der Waals surface area contributed by atoms with E-state index in [1.54, 1.807) is 0 Å². The molecule has 1 heterocycles. The fourth-order valence-electron chi connectivity index (χ4n) is 1.51. The molecule has 0 bridgehead atoms. The first kappa shape index (κ1) is 11.5. The quantitative estimate of drug-likeness (QED) is 0.706. The molecule has 1 unspecified atom stereocenters. The highest BCUT2D eigenvalue weighted by Crippen LogP contribution is 2.09. The van der Waals surface area contributed by atoms with Crippen LogP contribution in [0.4, 0.5) is 0 Å². The first-order valence-corrected chi connectivity index (χ1v) is 6.56. The van der Waals surface area contributed by atoms with E-state index in [1.807, 2.05) is 18.7 Å². The van der Waals surface area contributed by atoms with Crippen molar-refractivity contribution in [1.82, 2.24) is 14.7 Å². The third kappa shape index (κ3) is 3.27. The highest BCUT2D eigenvalue weighted by Gasteiger charge is 2.05. The molecule has 80 valence electrons. The van der Waals surface area contributed by atoms with Crippen molar-refractivity contribution in [3.05, 3.63) is 17.5 Å². The van der Waals surface area contributed by atoms with Gasteiger partial charge in [-0.3, -0.25) is 9.58 Å². The van der Waals surface area contributed by atoms with E-state index >= 15 is 0 Å². The molecule has 0 amide bonds. The Hall–Kier alpha value is -0.610. The monoisotopic (exact) mass is 213 g/mol. The summed E-state index contributed by atoms with van der Waals surface area (Å²) in [6.45, 7) is 2.97. The van der Waals surface area contributed by atoms with E-state index in [-0.39, 0.29) is 10.5 Å². The van der Waals surface area contributed by atoms with Crippen molar-refractivity contribution in [2.45, 2.75) is 13.5 Å². The Morgan fingerprint density at radius 2 is 2.29 bits per heavy atom. The SMILES string of the molecule is C=S(C)CN(C)Cc1cc(C)nn1C. The lowest BCUT2D eigenvalue weighted by atomic mass is 10.3. The molecule has 0 aliphatic heterocycles. The zero-order chi connectivity index (χ0) is 10.7. The molecule has 0 aromatic carbocycles. The van der Waals surface area contributed by atoms with Crippen LogP contribution in [0.1, 0.15) is 11.4 Å². The van der Waals surface area contributed by atoms with Crippen LogP contribution < -0.4 is 0 Å². The molecule has 3 nitrogen and oxygen atoms in total. The maximum Gasteiger partial charge on any atom is 0.0597 e. The van der Waals surface area contributed by atoms with Crippen molar-refractivity contribution >= 4 is 16.4 Å². The Kier molecular flexibility index (Phi) is 3.89. The number of nitrogens with zero attached hydrogens (tertiary/aromatic N) is 3. The van der Waals surface area contributed by atoms with E-state index in [9.17, 15) is 0 Å². The van der Waals surface area contributed by atoms with Crippen molar-refractivity contribution in [3.8, 4) is 0 Å². The van der Waals surface area contributed by atoms with Gasteiger partial charge in [0.15, 0.2) is 0 Å². The number of rotatable bonds is 4. The van der Waals surface area contributed by atoms with Crippen molar-refractivity contribution < 1.29 is 0 Å². The predicted octanol–water partition coefficient (Wildman–Crippen LogP) is 1.45. The van der Waals surface area contributed by atoms with E-state index < -0.39 is 0 Å². The molecule has 1 aromatic rings. The van der Waals surface area contributed by atoms with Gasteiger partial charge >= 0.3 is 0 Å². The van der Waals surface area contributed by atoms with E-state index in [0.717, 1.165) is 18.1 Å². The molecule has 1 aromatic heterocycles. The molecule has 0 radical (unpaired) electrons. The van der Waals surface area contributed by atoms with Crippen molar-refractivity contribution in [1.29, 1.82) is 0 Å². The Morgan fingerprint density at radius 1 is 1.64 bits per heavy atom. The summed E-state index contributed by atoms with van der Waals surface area (Å²) in [6.07, 6.45) is 2.16. The molecule has 14 heavy (non-hydrogen) atoms. The number of hydrogen-bond acceptors (Lipinski definition) is 2. The Morgan fingerprint density at radius 3 is 2.71 bits per heavy atom. The summed E-state index contributed by atoms with van der Waals surface area (Å²) in [6, 6.07) is 2.13. The Bertz CT molecular complexity index is 330. The molecule has 0 aliphatic carbocycles. The van der Waals surface area contributed by atoms with E-state index in [2.05, 4.69) is 35.2 Å². The van der Waals surface area contributed by atoms with Gasteiger partial charge in [0.2, 0.25) is 0 Å². The molecular weight excluding hydrogens is 194 g/mol. The molecule has 0 N–H and O–H groups in total. The van der Waals surface area contributed by atoms with Gasteiger partial charge in [0, 0.05) is 19.5 Å². The minimum atomic E-state index is 0.227. The first-order chi connectivity index (χ1) is 6.49. The van der Waals surface area contributed by atoms with E-state index in [1.165, 1.54) is 5.69 Å². The van der Waals surface area contributed by atoms with Crippen LogP contribution in [-0.4, -0.2) is 39.7 Å². The van der Waals surface area contributed by atoms with Crippen molar-refractivity contribution in [3.63, 3.8) is 0 Å². The Labute approximate surface area is 88.6 Å². The average Bonchev–Trinajstić information content (AvgIpc) is 2.28. The average molecular weight is 213 g/mol. The summed E-state index contributed by atoms with van der Waals surface area (Å²) in [5, 5.41) is 4.32. The second kappa shape index (κ2) is 4.75. The summed E-state index contributed by atoms with van der Waals surface area (Å²) in [4.78, 5) is 2.28. The van der Waals surface area contributed by atoms with Gasteiger partial charge in [0.25, 0.3) is 0 Å². The molecule has 0 aliphatic rings. The summed E-state index contributed by atoms with van der Waals surface area (Å²) < 4.78 is 1.95. The third-order valence-corrected chi connectivity index (χ3v) is 2.85. The standard InChI is InChI=1S/C10H19N3S/c1-9-6-10(13(3)11-9)7-12(2)8-14(4)5/h6H,4,7-8H2,1-3,5H3. The molecule has 0 spiro atoms. The smallest absolute Gasteiger partial charge is 0.0597 e. The molecule has 0 saturated heterocycles. The maximum absolute atomic E-state index is 4.32. The second-order valence-corrected chi connectivity index (χ2v) is 5.65. The number of aryl methyl sites for hydroxylation is 2. The molecule has 0 saturated carbocycles. The van der Waals surface area contributed by atoms with Gasteiger partial charge in [-0.25, -0.2) is 0 Å². The van der Waals surface area contributed by atoms with Crippen LogP contribution in [0.15, 0.2) is 6.07 Å². The minimum Gasteiger partial charge on any atom is -0.292 e. The Balaban J connectivity index is 2.59. The van der Waals surface area contributed by atoms with Crippen LogP contribution in [0.5, 0.6) is 0 Å². The first-order valence-electron chi connectivity index (χ1n) is 4.59. The lowest BCUT2D eigenvalue weighted by Gasteiger charge is -2.16. The second-order valence-electron chi connectivity index (χ2n) is 3.83. The zero-order valence-corrected chi connectivity index (χ0v) is 10.3. The van der Waals surface area contributed by atoms with Crippen LogP contribution in [0.3, 0.4) is 0 Å². The number of aromatic nitrogens is 2. The summed E-state index contributed by atoms with van der Waals surface area (Å²) in [7, 11) is 4.34. The fourth-order valence-corrected chi connectivity index (χ4v) is 2.35. The largest absolute Gasteiger partial charge is 0.292 e. The van der Waals surface area contributed by atoms with E-state index in [4.69, 9.17) is 0 Å². The van der Waals surface area contributed by atoms with Gasteiger partial charge in [-0.15, -0.1) is 0 Å². The van der Waals surface area contributed by atoms with Crippen LogP contribution in [0.25, 0.3) is 0 Å². The van der Waals surface area contributed by atoms with Crippen LogP contribution in [0, 0.1) is 6.92 Å². The lowest BCUT2D eigenvalue weighted by Crippen LogP contribution is -2.19. The molecule has 1 atom stereocenters. The lowest BCUT2D eigenvalue weighted by molar-refractivity contribution is 0.372. The van der Waals surface area contributed by atoms with Crippen LogP contribution >= 0.6 is 10.5 Å².